The molecule has 1 aliphatic heterocycles. The standard InChI is InChI=1S/C18H18ClNO2/c1-3-9-20-17-8-7-14(13-5-4-6-15(19)10-13)11-16(17)12(2)22-18(20)21/h4-8,10-12H,3,9H2,1-2H3. The molecule has 0 bridgehead atoms. The Morgan fingerprint density at radius 3 is 2.68 bits per heavy atom. The van der Waals surface area contributed by atoms with Crippen LogP contribution in [0, 0.1) is 0 Å². The molecule has 0 aromatic heterocycles. The summed E-state index contributed by atoms with van der Waals surface area (Å²) in [4.78, 5) is 13.7. The van der Waals surface area contributed by atoms with Crippen molar-refractivity contribution >= 4 is 23.4 Å². The molecular formula is C18H18ClNO2. The Hall–Kier alpha value is -2.00. The van der Waals surface area contributed by atoms with E-state index in [9.17, 15) is 4.79 Å². The minimum Gasteiger partial charge on any atom is -0.441 e. The quantitative estimate of drug-likeness (QED) is 0.755. The lowest BCUT2D eigenvalue weighted by Gasteiger charge is -2.32. The van der Waals surface area contributed by atoms with Gasteiger partial charge in [0, 0.05) is 17.1 Å². The highest BCUT2D eigenvalue weighted by molar-refractivity contribution is 6.30. The number of anilines is 1. The second-order valence-corrected chi connectivity index (χ2v) is 5.90. The van der Waals surface area contributed by atoms with E-state index in [1.54, 1.807) is 4.90 Å². The Morgan fingerprint density at radius 1 is 1.18 bits per heavy atom. The number of carbonyl (C=O) groups is 1. The summed E-state index contributed by atoms with van der Waals surface area (Å²) in [5.74, 6) is 0. The van der Waals surface area contributed by atoms with Crippen LogP contribution in [0.2, 0.25) is 5.02 Å². The van der Waals surface area contributed by atoms with Gasteiger partial charge in [0.2, 0.25) is 0 Å². The van der Waals surface area contributed by atoms with Crippen molar-refractivity contribution in [3.63, 3.8) is 0 Å². The van der Waals surface area contributed by atoms with E-state index in [0.29, 0.717) is 11.6 Å². The molecule has 0 fully saturated rings. The van der Waals surface area contributed by atoms with Crippen LogP contribution in [0.5, 0.6) is 0 Å². The van der Waals surface area contributed by atoms with Gasteiger partial charge in [-0.15, -0.1) is 0 Å². The molecular weight excluding hydrogens is 298 g/mol. The molecule has 1 unspecified atom stereocenters. The van der Waals surface area contributed by atoms with Crippen molar-refractivity contribution in [1.82, 2.24) is 0 Å². The highest BCUT2D eigenvalue weighted by Gasteiger charge is 2.29. The summed E-state index contributed by atoms with van der Waals surface area (Å²) in [5, 5.41) is 0.710. The van der Waals surface area contributed by atoms with Crippen LogP contribution in [0.4, 0.5) is 10.5 Å². The van der Waals surface area contributed by atoms with E-state index in [0.717, 1.165) is 28.8 Å². The van der Waals surface area contributed by atoms with E-state index in [2.05, 4.69) is 6.07 Å². The third kappa shape index (κ3) is 2.69. The van der Waals surface area contributed by atoms with E-state index >= 15 is 0 Å². The molecule has 0 radical (unpaired) electrons. The maximum Gasteiger partial charge on any atom is 0.414 e. The summed E-state index contributed by atoms with van der Waals surface area (Å²) in [7, 11) is 0. The van der Waals surface area contributed by atoms with Crippen LogP contribution >= 0.6 is 11.6 Å². The number of amides is 1. The van der Waals surface area contributed by atoms with Crippen molar-refractivity contribution < 1.29 is 9.53 Å². The van der Waals surface area contributed by atoms with Crippen molar-refractivity contribution in [2.75, 3.05) is 11.4 Å². The van der Waals surface area contributed by atoms with Crippen LogP contribution in [-0.4, -0.2) is 12.6 Å². The number of hydrogen-bond acceptors (Lipinski definition) is 2. The second kappa shape index (κ2) is 6.01. The first kappa shape index (κ1) is 14.9. The van der Waals surface area contributed by atoms with Gasteiger partial charge in [-0.1, -0.05) is 36.7 Å². The Labute approximate surface area is 135 Å². The minimum atomic E-state index is -0.266. The molecule has 0 saturated carbocycles. The summed E-state index contributed by atoms with van der Waals surface area (Å²) >= 11 is 6.07. The van der Waals surface area contributed by atoms with Gasteiger partial charge in [0.15, 0.2) is 0 Å². The second-order valence-electron chi connectivity index (χ2n) is 5.46. The van der Waals surface area contributed by atoms with Gasteiger partial charge in [-0.25, -0.2) is 4.79 Å². The van der Waals surface area contributed by atoms with E-state index < -0.39 is 0 Å². The van der Waals surface area contributed by atoms with Crippen molar-refractivity contribution in [2.45, 2.75) is 26.4 Å². The van der Waals surface area contributed by atoms with Crippen LogP contribution in [0.25, 0.3) is 11.1 Å². The van der Waals surface area contributed by atoms with Crippen molar-refractivity contribution in [1.29, 1.82) is 0 Å². The number of rotatable bonds is 3. The first-order valence-corrected chi connectivity index (χ1v) is 7.86. The summed E-state index contributed by atoms with van der Waals surface area (Å²) in [6.07, 6.45) is 0.381. The van der Waals surface area contributed by atoms with Gasteiger partial charge in [-0.2, -0.15) is 0 Å². The topological polar surface area (TPSA) is 29.5 Å². The van der Waals surface area contributed by atoms with Gasteiger partial charge in [-0.3, -0.25) is 4.90 Å². The first-order valence-electron chi connectivity index (χ1n) is 7.48. The van der Waals surface area contributed by atoms with Gasteiger partial charge in [-0.05, 0) is 48.7 Å². The number of ether oxygens (including phenoxy) is 1. The molecule has 0 saturated heterocycles. The zero-order valence-electron chi connectivity index (χ0n) is 12.7. The molecule has 0 N–H and O–H groups in total. The van der Waals surface area contributed by atoms with E-state index in [-0.39, 0.29) is 12.2 Å². The van der Waals surface area contributed by atoms with Crippen LogP contribution in [0.1, 0.15) is 31.9 Å². The highest BCUT2D eigenvalue weighted by Crippen LogP contribution is 2.37. The number of benzene rings is 2. The Bertz CT molecular complexity index is 714. The SMILES string of the molecule is CCCN1C(=O)OC(C)c2cc(-c3cccc(Cl)c3)ccc21. The molecule has 1 atom stereocenters. The molecule has 2 aromatic carbocycles. The highest BCUT2D eigenvalue weighted by atomic mass is 35.5. The molecule has 0 aliphatic carbocycles. The van der Waals surface area contributed by atoms with Crippen molar-refractivity contribution in [3.05, 3.63) is 53.1 Å². The minimum absolute atomic E-state index is 0.241. The monoisotopic (exact) mass is 315 g/mol. The molecule has 1 aliphatic rings. The summed E-state index contributed by atoms with van der Waals surface area (Å²) in [5.41, 5.74) is 4.10. The number of fused-ring (bicyclic) bond motifs is 1. The van der Waals surface area contributed by atoms with Gasteiger partial charge in [0.05, 0.1) is 5.69 Å². The molecule has 4 heteroatoms. The lowest BCUT2D eigenvalue weighted by molar-refractivity contribution is 0.108. The normalized spacial score (nSPS) is 17.1. The Kier molecular flexibility index (Phi) is 4.08. The molecule has 3 rings (SSSR count). The predicted molar refractivity (Wildman–Crippen MR) is 89.4 cm³/mol. The first-order chi connectivity index (χ1) is 10.6. The van der Waals surface area contributed by atoms with Crippen LogP contribution in [0.15, 0.2) is 42.5 Å². The van der Waals surface area contributed by atoms with Gasteiger partial charge < -0.3 is 4.74 Å². The Balaban J connectivity index is 2.06. The average molecular weight is 316 g/mol. The summed E-state index contributed by atoms with van der Waals surface area (Å²) in [6.45, 7) is 4.61. The lowest BCUT2D eigenvalue weighted by atomic mass is 9.98. The van der Waals surface area contributed by atoms with Gasteiger partial charge in [0.25, 0.3) is 0 Å². The molecule has 2 aromatic rings. The number of carbonyl (C=O) groups excluding carboxylic acids is 1. The molecule has 22 heavy (non-hydrogen) atoms. The number of nitrogens with zero attached hydrogens (tertiary/aromatic N) is 1. The maximum absolute atomic E-state index is 12.0. The van der Waals surface area contributed by atoms with E-state index in [1.807, 2.05) is 50.2 Å². The molecule has 3 nitrogen and oxygen atoms in total. The molecule has 0 spiro atoms. The van der Waals surface area contributed by atoms with E-state index in [1.165, 1.54) is 0 Å². The molecule has 114 valence electrons. The van der Waals surface area contributed by atoms with Gasteiger partial charge in [0.1, 0.15) is 6.10 Å². The third-order valence-corrected chi connectivity index (χ3v) is 4.09. The maximum atomic E-state index is 12.0. The van der Waals surface area contributed by atoms with Crippen LogP contribution in [-0.2, 0) is 4.74 Å². The predicted octanol–water partition coefficient (Wildman–Crippen LogP) is 5.43. The fourth-order valence-electron chi connectivity index (χ4n) is 2.79. The third-order valence-electron chi connectivity index (χ3n) is 3.86. The smallest absolute Gasteiger partial charge is 0.414 e. The molecule has 1 amide bonds. The number of hydrogen-bond donors (Lipinski definition) is 0. The zero-order valence-corrected chi connectivity index (χ0v) is 13.4. The fraction of sp³-hybridized carbons (Fsp3) is 0.278. The largest absolute Gasteiger partial charge is 0.441 e. The summed E-state index contributed by atoms with van der Waals surface area (Å²) in [6, 6.07) is 13.9. The number of halogens is 1. The van der Waals surface area contributed by atoms with Crippen LogP contribution in [0.3, 0.4) is 0 Å². The summed E-state index contributed by atoms with van der Waals surface area (Å²) < 4.78 is 5.45. The van der Waals surface area contributed by atoms with Crippen molar-refractivity contribution in [3.8, 4) is 11.1 Å². The fourth-order valence-corrected chi connectivity index (χ4v) is 2.98. The zero-order chi connectivity index (χ0) is 15.7. The van der Waals surface area contributed by atoms with Crippen molar-refractivity contribution in [2.24, 2.45) is 0 Å². The van der Waals surface area contributed by atoms with E-state index in [4.69, 9.17) is 16.3 Å². The molecule has 1 heterocycles. The Morgan fingerprint density at radius 2 is 1.95 bits per heavy atom. The lowest BCUT2D eigenvalue weighted by Crippen LogP contribution is -2.37. The average Bonchev–Trinajstić information content (AvgIpc) is 2.51. The van der Waals surface area contributed by atoms with Crippen LogP contribution < -0.4 is 4.90 Å². The number of cyclic esters (lactones) is 1. The van der Waals surface area contributed by atoms with Gasteiger partial charge >= 0.3 is 6.09 Å².